The lowest BCUT2D eigenvalue weighted by Gasteiger charge is -2.10. The van der Waals surface area contributed by atoms with Crippen LogP contribution in [-0.2, 0) is 6.42 Å². The van der Waals surface area contributed by atoms with Crippen LogP contribution in [0.1, 0.15) is 55.5 Å². The lowest BCUT2D eigenvalue weighted by atomic mass is 10.1. The minimum Gasteiger partial charge on any atom is -0.494 e. The Labute approximate surface area is 145 Å². The van der Waals surface area contributed by atoms with Gasteiger partial charge in [-0.05, 0) is 48.7 Å². The summed E-state index contributed by atoms with van der Waals surface area (Å²) < 4.78 is 5.71. The third kappa shape index (κ3) is 5.41. The molecule has 3 heteroatoms. The maximum Gasteiger partial charge on any atom is 0.255 e. The van der Waals surface area contributed by atoms with E-state index in [1.165, 1.54) is 19.3 Å². The molecule has 0 aliphatic carbocycles. The Morgan fingerprint density at radius 2 is 1.71 bits per heavy atom. The molecule has 1 N–H and O–H groups in total. The smallest absolute Gasteiger partial charge is 0.255 e. The summed E-state index contributed by atoms with van der Waals surface area (Å²) >= 11 is 0. The largest absolute Gasteiger partial charge is 0.494 e. The predicted octanol–water partition coefficient (Wildman–Crippen LogP) is 5.46. The first kappa shape index (κ1) is 18.1. The first-order chi connectivity index (χ1) is 11.7. The highest BCUT2D eigenvalue weighted by atomic mass is 16.5. The molecule has 1 amide bonds. The maximum absolute atomic E-state index is 12.4. The van der Waals surface area contributed by atoms with E-state index in [4.69, 9.17) is 4.74 Å². The molecule has 0 spiro atoms. The van der Waals surface area contributed by atoms with Crippen molar-refractivity contribution in [2.24, 2.45) is 0 Å². The van der Waals surface area contributed by atoms with Crippen LogP contribution in [0.15, 0.2) is 48.5 Å². The van der Waals surface area contributed by atoms with Crippen molar-refractivity contribution in [1.29, 1.82) is 0 Å². The van der Waals surface area contributed by atoms with Crippen molar-refractivity contribution in [2.45, 2.75) is 46.0 Å². The summed E-state index contributed by atoms with van der Waals surface area (Å²) in [6.07, 6.45) is 5.64. The first-order valence-electron chi connectivity index (χ1n) is 8.86. The summed E-state index contributed by atoms with van der Waals surface area (Å²) in [5, 5.41) is 2.98. The molecule has 2 rings (SSSR count). The van der Waals surface area contributed by atoms with Crippen LogP contribution < -0.4 is 10.1 Å². The Morgan fingerprint density at radius 1 is 0.958 bits per heavy atom. The number of carbonyl (C=O) groups is 1. The summed E-state index contributed by atoms with van der Waals surface area (Å²) in [6.45, 7) is 5.01. The van der Waals surface area contributed by atoms with Crippen LogP contribution in [-0.4, -0.2) is 12.5 Å². The Balaban J connectivity index is 1.89. The van der Waals surface area contributed by atoms with Crippen LogP contribution in [0.5, 0.6) is 5.75 Å². The molecule has 3 nitrogen and oxygen atoms in total. The average molecular weight is 325 g/mol. The van der Waals surface area contributed by atoms with E-state index in [-0.39, 0.29) is 5.91 Å². The molecule has 0 fully saturated rings. The number of hydrogen-bond donors (Lipinski definition) is 1. The van der Waals surface area contributed by atoms with E-state index in [1.54, 1.807) is 0 Å². The summed E-state index contributed by atoms with van der Waals surface area (Å²) in [4.78, 5) is 12.4. The van der Waals surface area contributed by atoms with Crippen molar-refractivity contribution in [1.82, 2.24) is 0 Å². The molecule has 128 valence electrons. The van der Waals surface area contributed by atoms with Crippen LogP contribution in [0.4, 0.5) is 5.69 Å². The number of amides is 1. The molecule has 2 aromatic rings. The van der Waals surface area contributed by atoms with Gasteiger partial charge in [-0.2, -0.15) is 0 Å². The van der Waals surface area contributed by atoms with E-state index < -0.39 is 0 Å². The number of para-hydroxylation sites is 1. The SMILES string of the molecule is CCCCCCOc1ccc(C(=O)Nc2ccccc2CC)cc1. The Kier molecular flexibility index (Phi) is 7.34. The average Bonchev–Trinajstić information content (AvgIpc) is 2.62. The van der Waals surface area contributed by atoms with Gasteiger partial charge in [-0.3, -0.25) is 4.79 Å². The minimum atomic E-state index is -0.0922. The molecule has 0 unspecified atom stereocenters. The lowest BCUT2D eigenvalue weighted by molar-refractivity contribution is 0.102. The van der Waals surface area contributed by atoms with Gasteiger partial charge in [0.15, 0.2) is 0 Å². The van der Waals surface area contributed by atoms with Gasteiger partial charge in [-0.1, -0.05) is 51.3 Å². The molecule has 2 aromatic carbocycles. The number of unbranched alkanes of at least 4 members (excludes halogenated alkanes) is 3. The van der Waals surface area contributed by atoms with E-state index in [1.807, 2.05) is 48.5 Å². The fraction of sp³-hybridized carbons (Fsp3) is 0.381. The van der Waals surface area contributed by atoms with E-state index in [0.29, 0.717) is 5.56 Å². The van der Waals surface area contributed by atoms with Crippen LogP contribution in [0.3, 0.4) is 0 Å². The van der Waals surface area contributed by atoms with Gasteiger partial charge >= 0.3 is 0 Å². The monoisotopic (exact) mass is 325 g/mol. The van der Waals surface area contributed by atoms with Gasteiger partial charge in [0.1, 0.15) is 5.75 Å². The molecule has 0 heterocycles. The van der Waals surface area contributed by atoms with Crippen LogP contribution in [0.2, 0.25) is 0 Å². The molecule has 0 atom stereocenters. The number of nitrogens with one attached hydrogen (secondary N) is 1. The molecule has 0 aliphatic rings. The molecule has 0 bridgehead atoms. The summed E-state index contributed by atoms with van der Waals surface area (Å²) in [5.41, 5.74) is 2.65. The Morgan fingerprint density at radius 3 is 2.42 bits per heavy atom. The highest BCUT2D eigenvalue weighted by Gasteiger charge is 2.08. The number of aryl methyl sites for hydroxylation is 1. The molecular weight excluding hydrogens is 298 g/mol. The van der Waals surface area contributed by atoms with E-state index in [0.717, 1.165) is 36.4 Å². The minimum absolute atomic E-state index is 0.0922. The van der Waals surface area contributed by atoms with Crippen LogP contribution in [0, 0.1) is 0 Å². The van der Waals surface area contributed by atoms with Crippen LogP contribution >= 0.6 is 0 Å². The van der Waals surface area contributed by atoms with Gasteiger partial charge < -0.3 is 10.1 Å². The van der Waals surface area contributed by atoms with Gasteiger partial charge in [-0.15, -0.1) is 0 Å². The zero-order valence-electron chi connectivity index (χ0n) is 14.7. The Hall–Kier alpha value is -2.29. The van der Waals surface area contributed by atoms with Crippen molar-refractivity contribution in [3.05, 3.63) is 59.7 Å². The molecule has 0 aromatic heterocycles. The maximum atomic E-state index is 12.4. The van der Waals surface area contributed by atoms with Gasteiger partial charge in [0.2, 0.25) is 0 Å². The molecular formula is C21H27NO2. The first-order valence-corrected chi connectivity index (χ1v) is 8.86. The quantitative estimate of drug-likeness (QED) is 0.622. The van der Waals surface area contributed by atoms with Crippen LogP contribution in [0.25, 0.3) is 0 Å². The fourth-order valence-electron chi connectivity index (χ4n) is 2.57. The van der Waals surface area contributed by atoms with Crippen molar-refractivity contribution < 1.29 is 9.53 Å². The van der Waals surface area contributed by atoms with E-state index in [2.05, 4.69) is 19.2 Å². The summed E-state index contributed by atoms with van der Waals surface area (Å²) in [6, 6.07) is 15.2. The van der Waals surface area contributed by atoms with Crippen molar-refractivity contribution in [3.8, 4) is 5.75 Å². The normalized spacial score (nSPS) is 10.4. The second-order valence-corrected chi connectivity index (χ2v) is 5.90. The number of ether oxygens (including phenoxy) is 1. The van der Waals surface area contributed by atoms with Crippen molar-refractivity contribution in [2.75, 3.05) is 11.9 Å². The topological polar surface area (TPSA) is 38.3 Å². The number of rotatable bonds is 9. The van der Waals surface area contributed by atoms with E-state index in [9.17, 15) is 4.79 Å². The molecule has 24 heavy (non-hydrogen) atoms. The lowest BCUT2D eigenvalue weighted by Crippen LogP contribution is -2.13. The van der Waals surface area contributed by atoms with Gasteiger partial charge in [0.25, 0.3) is 5.91 Å². The molecule has 0 saturated heterocycles. The zero-order valence-corrected chi connectivity index (χ0v) is 14.7. The van der Waals surface area contributed by atoms with Gasteiger partial charge in [0, 0.05) is 11.3 Å². The Bertz CT molecular complexity index is 635. The second kappa shape index (κ2) is 9.76. The summed E-state index contributed by atoms with van der Waals surface area (Å²) in [5.74, 6) is 0.724. The van der Waals surface area contributed by atoms with Gasteiger partial charge in [0.05, 0.1) is 6.61 Å². The molecule has 0 aliphatic heterocycles. The summed E-state index contributed by atoms with van der Waals surface area (Å²) in [7, 11) is 0. The predicted molar refractivity (Wildman–Crippen MR) is 99.9 cm³/mol. The van der Waals surface area contributed by atoms with Crippen molar-refractivity contribution in [3.63, 3.8) is 0 Å². The highest BCUT2D eigenvalue weighted by Crippen LogP contribution is 2.18. The number of carbonyl (C=O) groups excluding carboxylic acids is 1. The number of benzene rings is 2. The third-order valence-corrected chi connectivity index (χ3v) is 4.03. The standard InChI is InChI=1S/C21H27NO2/c1-3-5-6-9-16-24-19-14-12-18(13-15-19)21(23)22-20-11-8-7-10-17(20)4-2/h7-8,10-15H,3-6,9,16H2,1-2H3,(H,22,23). The number of anilines is 1. The van der Waals surface area contributed by atoms with Gasteiger partial charge in [-0.25, -0.2) is 0 Å². The zero-order chi connectivity index (χ0) is 17.2. The number of hydrogen-bond acceptors (Lipinski definition) is 2. The third-order valence-electron chi connectivity index (χ3n) is 4.03. The van der Waals surface area contributed by atoms with Crippen molar-refractivity contribution >= 4 is 11.6 Å². The second-order valence-electron chi connectivity index (χ2n) is 5.90. The highest BCUT2D eigenvalue weighted by molar-refractivity contribution is 6.04. The molecule has 0 saturated carbocycles. The molecule has 0 radical (unpaired) electrons. The fourth-order valence-corrected chi connectivity index (χ4v) is 2.57. The van der Waals surface area contributed by atoms with E-state index >= 15 is 0 Å².